The van der Waals surface area contributed by atoms with E-state index in [4.69, 9.17) is 9.94 Å². The summed E-state index contributed by atoms with van der Waals surface area (Å²) in [5.74, 6) is -0.467. The number of hydrogen-bond acceptors (Lipinski definition) is 7. The van der Waals surface area contributed by atoms with Crippen molar-refractivity contribution in [1.29, 1.82) is 0 Å². The van der Waals surface area contributed by atoms with Crippen molar-refractivity contribution < 1.29 is 28.3 Å². The van der Waals surface area contributed by atoms with E-state index in [0.717, 1.165) is 11.1 Å². The van der Waals surface area contributed by atoms with E-state index in [1.54, 1.807) is 19.2 Å². The van der Waals surface area contributed by atoms with Crippen LogP contribution in [0, 0.1) is 0 Å². The predicted molar refractivity (Wildman–Crippen MR) is 102 cm³/mol. The lowest BCUT2D eigenvalue weighted by Gasteiger charge is -2.37. The summed E-state index contributed by atoms with van der Waals surface area (Å²) in [6.07, 6.45) is 0.0316. The molecule has 150 valence electrons. The number of ether oxygens (including phenoxy) is 1. The predicted octanol–water partition coefficient (Wildman–Crippen LogP) is 0.734. The van der Waals surface area contributed by atoms with E-state index in [-0.39, 0.29) is 17.9 Å². The summed E-state index contributed by atoms with van der Waals surface area (Å²) in [5, 5.41) is 21.0. The molecule has 1 heterocycles. The van der Waals surface area contributed by atoms with Crippen molar-refractivity contribution in [2.24, 2.45) is 0 Å². The van der Waals surface area contributed by atoms with Gasteiger partial charge in [0.05, 0.1) is 12.0 Å². The van der Waals surface area contributed by atoms with Crippen molar-refractivity contribution in [3.8, 4) is 16.9 Å². The van der Waals surface area contributed by atoms with Crippen LogP contribution in [0.4, 0.5) is 0 Å². The first-order chi connectivity index (χ1) is 13.3. The van der Waals surface area contributed by atoms with Gasteiger partial charge < -0.3 is 15.2 Å². The average Bonchev–Trinajstić information content (AvgIpc) is 2.73. The van der Waals surface area contributed by atoms with E-state index in [0.29, 0.717) is 12.3 Å². The van der Waals surface area contributed by atoms with Crippen LogP contribution in [0.1, 0.15) is 6.42 Å². The maximum atomic E-state index is 13.1. The number of rotatable bonds is 5. The summed E-state index contributed by atoms with van der Waals surface area (Å²) in [6.45, 7) is 0.0536. The van der Waals surface area contributed by atoms with Gasteiger partial charge in [-0.05, 0) is 48.4 Å². The quantitative estimate of drug-likeness (QED) is 0.426. The largest absolute Gasteiger partial charge is 0.497 e. The van der Waals surface area contributed by atoms with Crippen LogP contribution in [0.3, 0.4) is 0 Å². The van der Waals surface area contributed by atoms with E-state index in [2.05, 4.69) is 5.32 Å². The van der Waals surface area contributed by atoms with Crippen LogP contribution in [-0.2, 0) is 14.6 Å². The normalized spacial score (nSPS) is 22.5. The number of aliphatic hydroxyl groups is 1. The van der Waals surface area contributed by atoms with Gasteiger partial charge in [0.1, 0.15) is 11.0 Å². The van der Waals surface area contributed by atoms with Crippen LogP contribution >= 0.6 is 0 Å². The van der Waals surface area contributed by atoms with Crippen LogP contribution in [0.5, 0.6) is 5.75 Å². The molecular formula is C19H22N2O6S. The molecule has 1 aliphatic heterocycles. The molecule has 3 rings (SSSR count). The lowest BCUT2D eigenvalue weighted by molar-refractivity contribution is -0.149. The molecule has 2 unspecified atom stereocenters. The summed E-state index contributed by atoms with van der Waals surface area (Å²) in [5.41, 5.74) is 0.758. The third-order valence-electron chi connectivity index (χ3n) is 4.97. The number of nitrogens with one attached hydrogen (secondary N) is 2. The van der Waals surface area contributed by atoms with Gasteiger partial charge in [-0.3, -0.25) is 10.0 Å². The second-order valence-electron chi connectivity index (χ2n) is 6.62. The summed E-state index contributed by atoms with van der Waals surface area (Å²) in [7, 11) is -2.46. The highest BCUT2D eigenvalue weighted by atomic mass is 32.2. The van der Waals surface area contributed by atoms with Gasteiger partial charge in [0.25, 0.3) is 5.91 Å². The van der Waals surface area contributed by atoms with Crippen LogP contribution in [0.2, 0.25) is 0 Å². The number of carbonyl (C=O) groups is 1. The first kappa shape index (κ1) is 20.3. The van der Waals surface area contributed by atoms with Crippen molar-refractivity contribution in [1.82, 2.24) is 10.8 Å². The van der Waals surface area contributed by atoms with Gasteiger partial charge in [0.2, 0.25) is 0 Å². The van der Waals surface area contributed by atoms with Crippen LogP contribution in [-0.4, -0.2) is 55.7 Å². The topological polar surface area (TPSA) is 125 Å². The van der Waals surface area contributed by atoms with Crippen molar-refractivity contribution >= 4 is 15.7 Å². The molecule has 0 radical (unpaired) electrons. The third-order valence-corrected chi connectivity index (χ3v) is 7.27. The molecule has 1 saturated heterocycles. The van der Waals surface area contributed by atoms with Crippen molar-refractivity contribution in [3.05, 3.63) is 48.5 Å². The Morgan fingerprint density at radius 2 is 1.93 bits per heavy atom. The minimum atomic E-state index is -4.02. The number of hydroxylamine groups is 1. The summed E-state index contributed by atoms with van der Waals surface area (Å²) < 4.78 is 31.4. The molecular weight excluding hydrogens is 384 g/mol. The SMILES string of the molecule is COc1cccc(-c2ccc(S(=O)(=O)C3CCNCC3(O)C(=O)NO)cc2)c1. The Morgan fingerprint density at radius 1 is 1.21 bits per heavy atom. The fraction of sp³-hybridized carbons (Fsp3) is 0.316. The molecule has 2 aromatic carbocycles. The average molecular weight is 406 g/mol. The van der Waals surface area contributed by atoms with Crippen molar-refractivity contribution in [2.45, 2.75) is 22.2 Å². The lowest BCUT2D eigenvalue weighted by atomic mass is 9.93. The van der Waals surface area contributed by atoms with E-state index < -0.39 is 26.6 Å². The molecule has 0 bridgehead atoms. The maximum absolute atomic E-state index is 13.1. The number of methoxy groups -OCH3 is 1. The fourth-order valence-electron chi connectivity index (χ4n) is 3.40. The highest BCUT2D eigenvalue weighted by Crippen LogP contribution is 2.31. The molecule has 0 aliphatic carbocycles. The zero-order valence-corrected chi connectivity index (χ0v) is 16.1. The Labute approximate surface area is 163 Å². The number of hydrogen-bond donors (Lipinski definition) is 4. The lowest BCUT2D eigenvalue weighted by Crippen LogP contribution is -2.65. The minimum Gasteiger partial charge on any atom is -0.497 e. The molecule has 28 heavy (non-hydrogen) atoms. The van der Waals surface area contributed by atoms with Crippen LogP contribution in [0.25, 0.3) is 11.1 Å². The number of β-amino-alcohol motifs (C(OH)–C–C–N with tert-alkyl or cyclic N) is 1. The number of piperidine rings is 1. The standard InChI is InChI=1S/C19H22N2O6S/c1-27-15-4-2-3-14(11-15)13-5-7-16(8-6-13)28(25,26)17-9-10-20-12-19(17,23)18(22)21-24/h2-8,11,17,20,23-24H,9-10,12H2,1H3,(H,21,22). The molecule has 9 heteroatoms. The fourth-order valence-corrected chi connectivity index (χ4v) is 5.38. The van der Waals surface area contributed by atoms with Gasteiger partial charge in [-0.25, -0.2) is 13.9 Å². The van der Waals surface area contributed by atoms with Gasteiger partial charge in [-0.15, -0.1) is 0 Å². The molecule has 1 aliphatic rings. The van der Waals surface area contributed by atoms with E-state index >= 15 is 0 Å². The smallest absolute Gasteiger partial charge is 0.277 e. The van der Waals surface area contributed by atoms with Crippen LogP contribution in [0.15, 0.2) is 53.4 Å². The summed E-state index contributed by atoms with van der Waals surface area (Å²) in [4.78, 5) is 11.9. The molecule has 8 nitrogen and oxygen atoms in total. The van der Waals surface area contributed by atoms with E-state index in [9.17, 15) is 18.3 Å². The Hall–Kier alpha value is -2.46. The molecule has 2 aromatic rings. The molecule has 1 fully saturated rings. The first-order valence-corrected chi connectivity index (χ1v) is 10.2. The zero-order chi connectivity index (χ0) is 20.4. The third kappa shape index (κ3) is 3.61. The first-order valence-electron chi connectivity index (χ1n) is 8.69. The monoisotopic (exact) mass is 406 g/mol. The minimum absolute atomic E-state index is 0.00443. The van der Waals surface area contributed by atoms with Gasteiger partial charge in [-0.1, -0.05) is 24.3 Å². The summed E-state index contributed by atoms with van der Waals surface area (Å²) >= 11 is 0. The van der Waals surface area contributed by atoms with Gasteiger partial charge >= 0.3 is 0 Å². The molecule has 2 atom stereocenters. The Kier molecular flexibility index (Phi) is 5.71. The highest BCUT2D eigenvalue weighted by molar-refractivity contribution is 7.92. The number of benzene rings is 2. The number of sulfone groups is 1. The van der Waals surface area contributed by atoms with Crippen molar-refractivity contribution in [2.75, 3.05) is 20.2 Å². The molecule has 0 aromatic heterocycles. The van der Waals surface area contributed by atoms with Gasteiger partial charge in [0.15, 0.2) is 15.4 Å². The maximum Gasteiger partial charge on any atom is 0.277 e. The number of amides is 1. The Balaban J connectivity index is 1.94. The number of carbonyl (C=O) groups excluding carboxylic acids is 1. The second-order valence-corrected chi connectivity index (χ2v) is 8.75. The van der Waals surface area contributed by atoms with Crippen LogP contribution < -0.4 is 15.5 Å². The van der Waals surface area contributed by atoms with E-state index in [1.165, 1.54) is 17.6 Å². The Morgan fingerprint density at radius 3 is 2.57 bits per heavy atom. The Bertz CT molecular complexity index is 961. The van der Waals surface area contributed by atoms with Crippen molar-refractivity contribution in [3.63, 3.8) is 0 Å². The highest BCUT2D eigenvalue weighted by Gasteiger charge is 2.52. The van der Waals surface area contributed by atoms with Gasteiger partial charge in [-0.2, -0.15) is 0 Å². The zero-order valence-electron chi connectivity index (χ0n) is 15.3. The molecule has 1 amide bonds. The van der Waals surface area contributed by atoms with E-state index in [1.807, 2.05) is 24.3 Å². The molecule has 0 spiro atoms. The molecule has 0 saturated carbocycles. The second kappa shape index (κ2) is 7.88. The van der Waals surface area contributed by atoms with Gasteiger partial charge in [0, 0.05) is 6.54 Å². The molecule has 4 N–H and O–H groups in total. The summed E-state index contributed by atoms with van der Waals surface area (Å²) in [6, 6.07) is 13.6.